The fourth-order valence-electron chi connectivity index (χ4n) is 1.14. The molecule has 0 aliphatic carbocycles. The Bertz CT molecular complexity index is 455. The molecule has 0 amide bonds. The molecule has 94 valence electrons. The molecule has 0 spiro atoms. The SMILES string of the molecule is Cc1cc(OC[B-](F)(F)F)c(F)cc1[N+](=O)[O-].[K+]. The topological polar surface area (TPSA) is 52.4 Å². The number of nitrogens with zero attached hydrogens (tertiary/aromatic N) is 1. The van der Waals surface area contributed by atoms with Gasteiger partial charge in [0.15, 0.2) is 11.6 Å². The molecule has 0 fully saturated rings. The molecule has 0 saturated carbocycles. The van der Waals surface area contributed by atoms with Crippen molar-refractivity contribution in [3.8, 4) is 5.75 Å². The van der Waals surface area contributed by atoms with Gasteiger partial charge in [-0.15, -0.1) is 0 Å². The predicted molar refractivity (Wildman–Crippen MR) is 52.4 cm³/mol. The number of hydrogen-bond donors (Lipinski definition) is 0. The molecule has 0 radical (unpaired) electrons. The monoisotopic (exact) mass is 291 g/mol. The Morgan fingerprint density at radius 3 is 2.39 bits per heavy atom. The molecular weight excluding hydrogens is 284 g/mol. The van der Waals surface area contributed by atoms with E-state index in [9.17, 15) is 27.5 Å². The van der Waals surface area contributed by atoms with Crippen molar-refractivity contribution in [2.75, 3.05) is 6.51 Å². The van der Waals surface area contributed by atoms with Crippen LogP contribution in [0.5, 0.6) is 5.75 Å². The number of hydrogen-bond acceptors (Lipinski definition) is 3. The zero-order valence-electron chi connectivity index (χ0n) is 9.62. The van der Waals surface area contributed by atoms with Crippen LogP contribution >= 0.6 is 0 Å². The van der Waals surface area contributed by atoms with Gasteiger partial charge in [0, 0.05) is 5.56 Å². The van der Waals surface area contributed by atoms with Gasteiger partial charge in [-0.3, -0.25) is 10.1 Å². The van der Waals surface area contributed by atoms with E-state index in [4.69, 9.17) is 0 Å². The number of benzene rings is 1. The van der Waals surface area contributed by atoms with Crippen LogP contribution in [0.15, 0.2) is 12.1 Å². The maximum absolute atomic E-state index is 13.2. The van der Waals surface area contributed by atoms with Gasteiger partial charge < -0.3 is 17.7 Å². The van der Waals surface area contributed by atoms with Gasteiger partial charge in [0.1, 0.15) is 0 Å². The van der Waals surface area contributed by atoms with Gasteiger partial charge in [0.25, 0.3) is 5.69 Å². The number of rotatable bonds is 4. The largest absolute Gasteiger partial charge is 1.00 e. The van der Waals surface area contributed by atoms with E-state index in [1.54, 1.807) is 0 Å². The summed E-state index contributed by atoms with van der Waals surface area (Å²) in [5.74, 6) is -1.84. The first-order valence-electron chi connectivity index (χ1n) is 4.49. The van der Waals surface area contributed by atoms with Crippen molar-refractivity contribution in [1.29, 1.82) is 0 Å². The Kier molecular flexibility index (Phi) is 6.79. The van der Waals surface area contributed by atoms with Gasteiger partial charge in [-0.1, -0.05) is 0 Å². The van der Waals surface area contributed by atoms with E-state index in [0.29, 0.717) is 6.07 Å². The van der Waals surface area contributed by atoms with Crippen molar-refractivity contribution in [3.05, 3.63) is 33.6 Å². The van der Waals surface area contributed by atoms with Gasteiger partial charge in [-0.2, -0.15) is 0 Å². The Hall–Kier alpha value is -0.159. The second kappa shape index (κ2) is 6.85. The molecule has 0 atom stereocenters. The standard InChI is InChI=1S/C8H7BF4NO3.K/c1-5-2-8(17-4-9(11,12)13)6(10)3-7(5)14(15)16;/h2-3H,4H2,1H3;/q-1;+1. The molecule has 0 aliphatic rings. The van der Waals surface area contributed by atoms with Crippen LogP contribution in [-0.4, -0.2) is 18.4 Å². The zero-order valence-corrected chi connectivity index (χ0v) is 12.7. The van der Waals surface area contributed by atoms with Crippen LogP contribution in [0.2, 0.25) is 0 Å². The number of nitro benzene ring substituents is 1. The van der Waals surface area contributed by atoms with E-state index in [2.05, 4.69) is 4.74 Å². The second-order valence-electron chi connectivity index (χ2n) is 3.35. The number of ether oxygens (including phenoxy) is 1. The molecule has 10 heteroatoms. The molecule has 0 bridgehead atoms. The molecule has 0 unspecified atom stereocenters. The summed E-state index contributed by atoms with van der Waals surface area (Å²) in [7, 11) is 0. The number of aryl methyl sites for hydroxylation is 1. The van der Waals surface area contributed by atoms with Gasteiger partial charge >= 0.3 is 58.4 Å². The summed E-state index contributed by atoms with van der Waals surface area (Å²) < 4.78 is 53.1. The summed E-state index contributed by atoms with van der Waals surface area (Å²) >= 11 is 0. The quantitative estimate of drug-likeness (QED) is 0.334. The van der Waals surface area contributed by atoms with E-state index >= 15 is 0 Å². The summed E-state index contributed by atoms with van der Waals surface area (Å²) in [6.45, 7) is -5.51. The van der Waals surface area contributed by atoms with Crippen LogP contribution in [-0.2, 0) is 0 Å². The van der Waals surface area contributed by atoms with Gasteiger partial charge in [-0.25, -0.2) is 4.39 Å². The first-order chi connectivity index (χ1) is 7.70. The number of halogens is 4. The van der Waals surface area contributed by atoms with Crippen molar-refractivity contribution in [1.82, 2.24) is 0 Å². The average Bonchev–Trinajstić information content (AvgIpc) is 2.17. The van der Waals surface area contributed by atoms with E-state index in [1.165, 1.54) is 6.92 Å². The summed E-state index contributed by atoms with van der Waals surface area (Å²) in [6.07, 6.45) is 0. The van der Waals surface area contributed by atoms with Gasteiger partial charge in [0.2, 0.25) is 0 Å². The van der Waals surface area contributed by atoms with E-state index in [0.717, 1.165) is 6.07 Å². The van der Waals surface area contributed by atoms with Crippen molar-refractivity contribution in [2.45, 2.75) is 6.92 Å². The first-order valence-corrected chi connectivity index (χ1v) is 4.49. The molecule has 1 rings (SSSR count). The van der Waals surface area contributed by atoms with Crippen LogP contribution < -0.4 is 56.1 Å². The summed E-state index contributed by atoms with van der Waals surface area (Å²) in [5, 5.41) is 10.4. The van der Waals surface area contributed by atoms with Crippen LogP contribution in [0.25, 0.3) is 0 Å². The zero-order chi connectivity index (χ0) is 13.2. The van der Waals surface area contributed by atoms with Crippen LogP contribution in [0.3, 0.4) is 0 Å². The van der Waals surface area contributed by atoms with Crippen LogP contribution in [0, 0.1) is 22.9 Å². The fraction of sp³-hybridized carbons (Fsp3) is 0.250. The van der Waals surface area contributed by atoms with E-state index < -0.39 is 35.7 Å². The third kappa shape index (κ3) is 5.23. The molecule has 0 N–H and O–H groups in total. The maximum Gasteiger partial charge on any atom is 1.00 e. The summed E-state index contributed by atoms with van der Waals surface area (Å²) in [5.41, 5.74) is -0.478. The Balaban J connectivity index is 0.00000289. The Labute approximate surface area is 142 Å². The average molecular weight is 291 g/mol. The molecule has 1 aromatic carbocycles. The maximum atomic E-state index is 13.2. The van der Waals surface area contributed by atoms with Gasteiger partial charge in [0.05, 0.1) is 17.5 Å². The summed E-state index contributed by atoms with van der Waals surface area (Å²) in [6, 6.07) is 1.41. The fourth-order valence-corrected chi connectivity index (χ4v) is 1.14. The minimum Gasteiger partial charge on any atom is -0.519 e. The van der Waals surface area contributed by atoms with Crippen molar-refractivity contribution in [2.24, 2.45) is 0 Å². The molecule has 0 saturated heterocycles. The summed E-state index contributed by atoms with van der Waals surface area (Å²) in [4.78, 5) is 9.60. The molecule has 0 heterocycles. The van der Waals surface area contributed by atoms with Gasteiger partial charge in [-0.05, 0) is 13.0 Å². The number of nitro groups is 1. The molecule has 1 aromatic rings. The minimum absolute atomic E-state index is 0. The molecule has 4 nitrogen and oxygen atoms in total. The molecule has 0 aromatic heterocycles. The van der Waals surface area contributed by atoms with Crippen LogP contribution in [0.1, 0.15) is 5.56 Å². The van der Waals surface area contributed by atoms with Crippen molar-refractivity contribution >= 4 is 12.7 Å². The third-order valence-corrected chi connectivity index (χ3v) is 1.87. The van der Waals surface area contributed by atoms with Crippen molar-refractivity contribution in [3.63, 3.8) is 0 Å². The van der Waals surface area contributed by atoms with Crippen LogP contribution in [0.4, 0.5) is 23.0 Å². The Morgan fingerprint density at radius 1 is 1.39 bits per heavy atom. The molecule has 18 heavy (non-hydrogen) atoms. The molecule has 0 aliphatic heterocycles. The first kappa shape index (κ1) is 17.8. The molecular formula is C8H7BF4KNO3. The smallest absolute Gasteiger partial charge is 0.519 e. The minimum atomic E-state index is -5.20. The van der Waals surface area contributed by atoms with E-state index in [-0.39, 0.29) is 56.9 Å². The van der Waals surface area contributed by atoms with E-state index in [1.807, 2.05) is 0 Å². The van der Waals surface area contributed by atoms with Crippen molar-refractivity contribution < 1.29 is 78.4 Å². The second-order valence-corrected chi connectivity index (χ2v) is 3.35. The third-order valence-electron chi connectivity index (χ3n) is 1.87. The predicted octanol–water partition coefficient (Wildman–Crippen LogP) is -0.188. The Morgan fingerprint density at radius 2 is 1.94 bits per heavy atom. The normalized spacial score (nSPS) is 10.7.